The van der Waals surface area contributed by atoms with Gasteiger partial charge in [-0.25, -0.2) is 14.6 Å². The Kier molecular flexibility index (Phi) is 4.72. The topological polar surface area (TPSA) is 77.5 Å². The van der Waals surface area contributed by atoms with Crippen LogP contribution in [-0.2, 0) is 9.47 Å². The summed E-state index contributed by atoms with van der Waals surface area (Å²) in [5, 5.41) is 2.50. The Morgan fingerprint density at radius 3 is 2.47 bits per heavy atom. The Hall–Kier alpha value is -1.82. The molecule has 1 amide bonds. The molecule has 1 aromatic heterocycles. The summed E-state index contributed by atoms with van der Waals surface area (Å²) >= 11 is 5.73. The van der Waals surface area contributed by atoms with Gasteiger partial charge < -0.3 is 9.47 Å². The molecule has 6 nitrogen and oxygen atoms in total. The zero-order valence-corrected chi connectivity index (χ0v) is 11.9. The average molecular weight is 287 g/mol. The van der Waals surface area contributed by atoms with Crippen molar-refractivity contribution < 1.29 is 19.1 Å². The highest BCUT2D eigenvalue weighted by Crippen LogP contribution is 2.18. The highest BCUT2D eigenvalue weighted by atomic mass is 35.5. The van der Waals surface area contributed by atoms with Crippen molar-refractivity contribution in [3.8, 4) is 0 Å². The van der Waals surface area contributed by atoms with Gasteiger partial charge in [0.2, 0.25) is 0 Å². The first kappa shape index (κ1) is 15.2. The number of hydrogen-bond donors (Lipinski definition) is 1. The first-order valence-corrected chi connectivity index (χ1v) is 5.85. The molecular formula is C12H15ClN2O4. The minimum absolute atomic E-state index is 0.00593. The Morgan fingerprint density at radius 2 is 1.95 bits per heavy atom. The van der Waals surface area contributed by atoms with Gasteiger partial charge in [-0.05, 0) is 32.9 Å². The van der Waals surface area contributed by atoms with E-state index in [1.807, 2.05) is 0 Å². The Balaban J connectivity index is 2.96. The lowest BCUT2D eigenvalue weighted by Crippen LogP contribution is -2.28. The van der Waals surface area contributed by atoms with Crippen LogP contribution in [-0.4, -0.2) is 29.8 Å². The number of nitrogens with one attached hydrogen (secondary N) is 1. The van der Waals surface area contributed by atoms with Crippen molar-refractivity contribution in [2.75, 3.05) is 12.4 Å². The molecule has 19 heavy (non-hydrogen) atoms. The van der Waals surface area contributed by atoms with Crippen LogP contribution >= 0.6 is 11.6 Å². The predicted molar refractivity (Wildman–Crippen MR) is 70.4 cm³/mol. The van der Waals surface area contributed by atoms with Gasteiger partial charge in [0, 0.05) is 0 Å². The monoisotopic (exact) mass is 286 g/mol. The molecule has 0 spiro atoms. The number of halogens is 1. The van der Waals surface area contributed by atoms with E-state index in [0.29, 0.717) is 0 Å². The fourth-order valence-corrected chi connectivity index (χ4v) is 1.35. The average Bonchev–Trinajstić information content (AvgIpc) is 2.25. The van der Waals surface area contributed by atoms with Crippen molar-refractivity contribution in [1.82, 2.24) is 4.98 Å². The molecule has 0 aliphatic carbocycles. The summed E-state index contributed by atoms with van der Waals surface area (Å²) in [5.74, 6) is -0.635. The fraction of sp³-hybridized carbons (Fsp3) is 0.417. The Morgan fingerprint density at radius 1 is 1.32 bits per heavy atom. The summed E-state index contributed by atoms with van der Waals surface area (Å²) in [6.07, 6.45) is -0.729. The number of aromatic nitrogens is 1. The molecule has 104 valence electrons. The van der Waals surface area contributed by atoms with Crippen LogP contribution in [0, 0.1) is 0 Å². The maximum absolute atomic E-state index is 11.6. The molecule has 1 rings (SSSR count). The van der Waals surface area contributed by atoms with Crippen LogP contribution in [0.15, 0.2) is 12.1 Å². The van der Waals surface area contributed by atoms with E-state index in [1.165, 1.54) is 19.2 Å². The van der Waals surface area contributed by atoms with Gasteiger partial charge in [0.25, 0.3) is 0 Å². The molecular weight excluding hydrogens is 272 g/mol. The molecule has 0 fully saturated rings. The van der Waals surface area contributed by atoms with E-state index >= 15 is 0 Å². The van der Waals surface area contributed by atoms with Crippen molar-refractivity contribution in [3.63, 3.8) is 0 Å². The second kappa shape index (κ2) is 5.88. The number of amides is 1. The van der Waals surface area contributed by atoms with Gasteiger partial charge in [-0.3, -0.25) is 5.32 Å². The van der Waals surface area contributed by atoms with E-state index < -0.39 is 17.7 Å². The second-order valence-corrected chi connectivity index (χ2v) is 5.04. The van der Waals surface area contributed by atoms with Gasteiger partial charge in [-0.2, -0.15) is 0 Å². The van der Waals surface area contributed by atoms with Crippen molar-refractivity contribution in [3.05, 3.63) is 22.8 Å². The summed E-state index contributed by atoms with van der Waals surface area (Å²) in [6, 6.07) is 2.84. The first-order chi connectivity index (χ1) is 8.73. The lowest BCUT2D eigenvalue weighted by molar-refractivity contribution is 0.0601. The number of ether oxygens (including phenoxy) is 2. The predicted octanol–water partition coefficient (Wildman–Crippen LogP) is 2.87. The van der Waals surface area contributed by atoms with Crippen LogP contribution in [0.3, 0.4) is 0 Å². The number of methoxy groups -OCH3 is 1. The number of esters is 1. The van der Waals surface area contributed by atoms with Crippen molar-refractivity contribution >= 4 is 29.5 Å². The van der Waals surface area contributed by atoms with Gasteiger partial charge in [0.1, 0.15) is 16.3 Å². The first-order valence-electron chi connectivity index (χ1n) is 5.48. The van der Waals surface area contributed by atoms with Crippen LogP contribution < -0.4 is 5.32 Å². The lowest BCUT2D eigenvalue weighted by atomic mass is 10.2. The minimum atomic E-state index is -0.729. The number of anilines is 1. The highest BCUT2D eigenvalue weighted by molar-refractivity contribution is 6.29. The zero-order chi connectivity index (χ0) is 14.6. The van der Waals surface area contributed by atoms with E-state index in [4.69, 9.17) is 16.3 Å². The molecule has 0 aliphatic heterocycles. The molecule has 0 saturated heterocycles. The number of pyridine rings is 1. The number of nitrogens with zero attached hydrogens (tertiary/aromatic N) is 1. The molecule has 7 heteroatoms. The minimum Gasteiger partial charge on any atom is -0.465 e. The van der Waals surface area contributed by atoms with E-state index in [1.54, 1.807) is 20.8 Å². The molecule has 0 unspecified atom stereocenters. The molecule has 0 atom stereocenters. The third-order valence-electron chi connectivity index (χ3n) is 1.89. The molecule has 0 aromatic carbocycles. The van der Waals surface area contributed by atoms with Gasteiger partial charge in [-0.15, -0.1) is 0 Å². The van der Waals surface area contributed by atoms with E-state index in [-0.39, 0.29) is 16.5 Å². The summed E-state index contributed by atoms with van der Waals surface area (Å²) in [4.78, 5) is 27.0. The van der Waals surface area contributed by atoms with Gasteiger partial charge in [0.05, 0.1) is 7.11 Å². The standard InChI is InChI=1S/C12H15ClN2O4/c1-12(2,3)19-11(17)15-9-7(10(16)18-4)5-6-8(13)14-9/h5-6H,1-4H3,(H,14,15,17). The smallest absolute Gasteiger partial charge is 0.413 e. The van der Waals surface area contributed by atoms with E-state index in [0.717, 1.165) is 0 Å². The molecule has 0 radical (unpaired) electrons. The summed E-state index contributed by atoms with van der Waals surface area (Å²) < 4.78 is 9.65. The Bertz CT molecular complexity index is 497. The van der Waals surface area contributed by atoms with Crippen LogP contribution in [0.2, 0.25) is 5.15 Å². The molecule has 0 saturated carbocycles. The third kappa shape index (κ3) is 4.75. The Labute approximate surface area is 116 Å². The number of carbonyl (C=O) groups excluding carboxylic acids is 2. The number of hydrogen-bond acceptors (Lipinski definition) is 5. The lowest BCUT2D eigenvalue weighted by Gasteiger charge is -2.19. The van der Waals surface area contributed by atoms with Crippen molar-refractivity contribution in [1.29, 1.82) is 0 Å². The van der Waals surface area contributed by atoms with Crippen LogP contribution in [0.4, 0.5) is 10.6 Å². The van der Waals surface area contributed by atoms with Crippen LogP contribution in [0.5, 0.6) is 0 Å². The number of rotatable bonds is 2. The maximum Gasteiger partial charge on any atom is 0.413 e. The summed E-state index contributed by atoms with van der Waals surface area (Å²) in [6.45, 7) is 5.16. The normalized spacial score (nSPS) is 10.8. The van der Waals surface area contributed by atoms with Gasteiger partial charge in [-0.1, -0.05) is 11.6 Å². The molecule has 1 aromatic rings. The molecule has 1 N–H and O–H groups in total. The molecule has 0 aliphatic rings. The fourth-order valence-electron chi connectivity index (χ4n) is 1.21. The summed E-state index contributed by atoms with van der Waals surface area (Å²) in [7, 11) is 1.23. The second-order valence-electron chi connectivity index (χ2n) is 4.65. The molecule has 0 bridgehead atoms. The van der Waals surface area contributed by atoms with Crippen molar-refractivity contribution in [2.45, 2.75) is 26.4 Å². The zero-order valence-electron chi connectivity index (χ0n) is 11.1. The summed E-state index contributed by atoms with van der Waals surface area (Å²) in [5.41, 5.74) is -0.563. The van der Waals surface area contributed by atoms with E-state index in [2.05, 4.69) is 15.0 Å². The molecule has 1 heterocycles. The SMILES string of the molecule is COC(=O)c1ccc(Cl)nc1NC(=O)OC(C)(C)C. The third-order valence-corrected chi connectivity index (χ3v) is 2.10. The van der Waals surface area contributed by atoms with Crippen molar-refractivity contribution in [2.24, 2.45) is 0 Å². The number of carbonyl (C=O) groups is 2. The van der Waals surface area contributed by atoms with Gasteiger partial charge >= 0.3 is 12.1 Å². The highest BCUT2D eigenvalue weighted by Gasteiger charge is 2.20. The largest absolute Gasteiger partial charge is 0.465 e. The van der Waals surface area contributed by atoms with Crippen LogP contribution in [0.1, 0.15) is 31.1 Å². The van der Waals surface area contributed by atoms with Gasteiger partial charge in [0.15, 0.2) is 5.82 Å². The quantitative estimate of drug-likeness (QED) is 0.668. The van der Waals surface area contributed by atoms with E-state index in [9.17, 15) is 9.59 Å². The maximum atomic E-state index is 11.6. The van der Waals surface area contributed by atoms with Crippen LogP contribution in [0.25, 0.3) is 0 Å².